The van der Waals surface area contributed by atoms with Crippen molar-refractivity contribution in [2.45, 2.75) is 84.5 Å². The van der Waals surface area contributed by atoms with Crippen molar-refractivity contribution in [3.05, 3.63) is 93.4 Å². The lowest BCUT2D eigenvalue weighted by atomic mass is 9.49. The first-order chi connectivity index (χ1) is 28.6. The summed E-state index contributed by atoms with van der Waals surface area (Å²) in [5.74, 6) is 0.297. The van der Waals surface area contributed by atoms with E-state index in [1.165, 1.54) is 4.68 Å². The second-order valence-corrected chi connectivity index (χ2v) is 18.6. The molecule has 1 saturated carbocycles. The highest BCUT2D eigenvalue weighted by molar-refractivity contribution is 6.31. The molecular weight excluding hydrogens is 780 g/mol. The molecule has 1 aliphatic carbocycles. The third-order valence-electron chi connectivity index (χ3n) is 13.4. The van der Waals surface area contributed by atoms with E-state index in [4.69, 9.17) is 16.3 Å². The zero-order valence-electron chi connectivity index (χ0n) is 34.9. The molecule has 8 rings (SSSR count). The zero-order valence-corrected chi connectivity index (χ0v) is 35.7. The number of amides is 3. The van der Waals surface area contributed by atoms with Crippen molar-refractivity contribution in [2.24, 2.45) is 16.7 Å². The number of aromatic nitrogens is 2. The summed E-state index contributed by atoms with van der Waals surface area (Å²) in [5, 5.41) is 20.8. The molecule has 60 heavy (non-hydrogen) atoms. The van der Waals surface area contributed by atoms with Crippen LogP contribution in [0.3, 0.4) is 0 Å². The van der Waals surface area contributed by atoms with E-state index in [2.05, 4.69) is 83.3 Å². The van der Waals surface area contributed by atoms with Crippen LogP contribution in [-0.2, 0) is 9.59 Å². The van der Waals surface area contributed by atoms with E-state index in [0.717, 1.165) is 68.9 Å². The van der Waals surface area contributed by atoms with Crippen LogP contribution in [0.25, 0.3) is 10.8 Å². The molecule has 0 radical (unpaired) electrons. The van der Waals surface area contributed by atoms with E-state index in [1.54, 1.807) is 24.4 Å². The number of hydrogen-bond acceptors (Lipinski definition) is 10. The molecule has 2 atom stereocenters. The molecule has 0 spiro atoms. The van der Waals surface area contributed by atoms with Gasteiger partial charge in [0.2, 0.25) is 5.91 Å². The predicted molar refractivity (Wildman–Crippen MR) is 231 cm³/mol. The van der Waals surface area contributed by atoms with E-state index in [0.29, 0.717) is 33.2 Å². The van der Waals surface area contributed by atoms with Gasteiger partial charge in [0.15, 0.2) is 0 Å². The molecule has 14 heteroatoms. The van der Waals surface area contributed by atoms with Crippen LogP contribution < -0.4 is 30.7 Å². The molecule has 4 heterocycles. The van der Waals surface area contributed by atoms with Gasteiger partial charge in [-0.25, -0.2) is 4.68 Å². The highest BCUT2D eigenvalue weighted by Crippen LogP contribution is 2.55. The van der Waals surface area contributed by atoms with Crippen LogP contribution in [0.5, 0.6) is 5.75 Å². The first kappa shape index (κ1) is 41.3. The van der Waals surface area contributed by atoms with E-state index in [9.17, 15) is 24.4 Å². The van der Waals surface area contributed by atoms with Gasteiger partial charge in [0, 0.05) is 97.0 Å². The summed E-state index contributed by atoms with van der Waals surface area (Å²) in [4.78, 5) is 58.2. The fourth-order valence-electron chi connectivity index (χ4n) is 10.4. The number of halogens is 1. The number of benzene rings is 3. The van der Waals surface area contributed by atoms with Gasteiger partial charge in [-0.3, -0.25) is 29.4 Å². The molecular formula is C46H53ClN8O5. The number of nitrogens with one attached hydrogen (secondary N) is 2. The minimum Gasteiger partial charge on any atom is -0.489 e. The van der Waals surface area contributed by atoms with Gasteiger partial charge in [-0.05, 0) is 86.7 Å². The summed E-state index contributed by atoms with van der Waals surface area (Å²) in [7, 11) is 0. The summed E-state index contributed by atoms with van der Waals surface area (Å²) in [6.07, 6.45) is 4.12. The number of carbonyl (C=O) groups is 3. The molecule has 4 fully saturated rings. The molecule has 0 bridgehead atoms. The maximum atomic E-state index is 13.5. The summed E-state index contributed by atoms with van der Waals surface area (Å²) < 4.78 is 7.60. The Morgan fingerprint density at radius 1 is 0.950 bits per heavy atom. The molecule has 4 aliphatic rings. The number of anilines is 2. The molecule has 13 nitrogen and oxygen atoms in total. The number of imide groups is 1. The van der Waals surface area contributed by atoms with Crippen molar-refractivity contribution in [1.82, 2.24) is 25.3 Å². The van der Waals surface area contributed by atoms with Crippen molar-refractivity contribution < 1.29 is 19.1 Å². The van der Waals surface area contributed by atoms with Crippen molar-refractivity contribution in [2.75, 3.05) is 49.1 Å². The number of rotatable bonds is 9. The van der Waals surface area contributed by atoms with Crippen LogP contribution in [0.1, 0.15) is 82.3 Å². The van der Waals surface area contributed by atoms with Crippen molar-refractivity contribution in [1.29, 1.82) is 5.26 Å². The van der Waals surface area contributed by atoms with Gasteiger partial charge in [0.1, 0.15) is 24.0 Å². The molecule has 4 aromatic rings. The second kappa shape index (κ2) is 16.2. The predicted octanol–water partition coefficient (Wildman–Crippen LogP) is 5.94. The Morgan fingerprint density at radius 2 is 1.67 bits per heavy atom. The number of hydrogen-bond donors (Lipinski definition) is 2. The highest BCUT2D eigenvalue weighted by Gasteiger charge is 2.64. The Balaban J connectivity index is 0.806. The van der Waals surface area contributed by atoms with E-state index in [-0.39, 0.29) is 59.2 Å². The van der Waals surface area contributed by atoms with Crippen molar-refractivity contribution in [3.63, 3.8) is 0 Å². The van der Waals surface area contributed by atoms with Crippen LogP contribution in [0.2, 0.25) is 5.02 Å². The van der Waals surface area contributed by atoms with Gasteiger partial charge < -0.3 is 19.9 Å². The molecule has 314 valence electrons. The van der Waals surface area contributed by atoms with Gasteiger partial charge in [0.05, 0.1) is 22.2 Å². The smallest absolute Gasteiger partial charge is 0.275 e. The van der Waals surface area contributed by atoms with Crippen molar-refractivity contribution in [3.8, 4) is 11.8 Å². The molecule has 3 amide bonds. The van der Waals surface area contributed by atoms with Gasteiger partial charge in [-0.15, -0.1) is 0 Å². The highest BCUT2D eigenvalue weighted by atomic mass is 35.5. The third-order valence-corrected chi connectivity index (χ3v) is 13.7. The largest absolute Gasteiger partial charge is 0.489 e. The van der Waals surface area contributed by atoms with Crippen LogP contribution >= 0.6 is 11.6 Å². The fraction of sp³-hybridized carbons (Fsp3) is 0.478. The monoisotopic (exact) mass is 832 g/mol. The Kier molecular flexibility index (Phi) is 11.1. The SMILES string of the molecule is C[C@H]1CN(CC2CCN(c3ccc(C(=O)N[C@H]4C(C)(C)[C@H](Oc5ccc(C#N)c(Cl)c5)C4(C)C)cc3)CC2)CCN1c1ccc2c(=O)n([C@@H]3CCC(=O)NC3=O)ncc2c1. The zero-order chi connectivity index (χ0) is 42.5. The molecule has 2 N–H and O–H groups in total. The maximum absolute atomic E-state index is 13.5. The molecule has 3 saturated heterocycles. The number of carbonyl (C=O) groups excluding carboxylic acids is 3. The van der Waals surface area contributed by atoms with Crippen LogP contribution in [0.4, 0.5) is 11.4 Å². The number of nitriles is 1. The Hall–Kier alpha value is -5.45. The maximum Gasteiger partial charge on any atom is 0.275 e. The standard InChI is InChI=1S/C46H53ClN8O5/c1-28-26-52(20-21-54(28)34-11-13-36-32(22-34)25-49-55(42(36)59)38-14-15-39(56)50-41(38)58)27-29-16-18-53(19-17-29)33-9-6-30(7-10-33)40(57)51-43-45(2,3)44(46(43,4)5)60-35-12-8-31(24-48)37(47)23-35/h6-13,22-23,25,28-29,38,43-44H,14-21,26-27H2,1-5H3,(H,51,57)(H,50,56,58)/t28-,38+,43-,44-/m0/s1. The normalized spacial score (nSPS) is 24.4. The molecule has 3 aromatic carbocycles. The number of nitrogens with zero attached hydrogens (tertiary/aromatic N) is 6. The second-order valence-electron chi connectivity index (χ2n) is 18.2. The number of ether oxygens (including phenoxy) is 1. The van der Waals surface area contributed by atoms with Gasteiger partial charge in [-0.1, -0.05) is 39.3 Å². The molecule has 0 unspecified atom stereocenters. The van der Waals surface area contributed by atoms with Crippen LogP contribution in [0, 0.1) is 28.1 Å². The Labute approximate surface area is 355 Å². The Bertz CT molecular complexity index is 2400. The lowest BCUT2D eigenvalue weighted by molar-refractivity contribution is -0.164. The fourth-order valence-corrected chi connectivity index (χ4v) is 10.6. The minimum atomic E-state index is -0.786. The Morgan fingerprint density at radius 3 is 2.33 bits per heavy atom. The summed E-state index contributed by atoms with van der Waals surface area (Å²) in [6, 6.07) is 20.4. The summed E-state index contributed by atoms with van der Waals surface area (Å²) in [5.41, 5.74) is 2.20. The first-order valence-electron chi connectivity index (χ1n) is 21.0. The number of piperidine rings is 2. The first-order valence-corrected chi connectivity index (χ1v) is 21.4. The number of fused-ring (bicyclic) bond motifs is 1. The van der Waals surface area contributed by atoms with Gasteiger partial charge in [-0.2, -0.15) is 10.4 Å². The lowest BCUT2D eigenvalue weighted by Gasteiger charge is -2.63. The summed E-state index contributed by atoms with van der Waals surface area (Å²) >= 11 is 6.26. The van der Waals surface area contributed by atoms with E-state index >= 15 is 0 Å². The quantitative estimate of drug-likeness (QED) is 0.194. The lowest BCUT2D eigenvalue weighted by Crippen LogP contribution is -2.74. The third kappa shape index (κ3) is 7.83. The van der Waals surface area contributed by atoms with E-state index in [1.807, 2.05) is 30.3 Å². The topological polar surface area (TPSA) is 153 Å². The number of piperazine rings is 1. The van der Waals surface area contributed by atoms with Crippen LogP contribution in [0.15, 0.2) is 71.7 Å². The summed E-state index contributed by atoms with van der Waals surface area (Å²) in [6.45, 7) is 16.5. The average molecular weight is 833 g/mol. The molecule has 1 aromatic heterocycles. The average Bonchev–Trinajstić information content (AvgIpc) is 3.22. The minimum absolute atomic E-state index is 0.102. The van der Waals surface area contributed by atoms with Crippen LogP contribution in [-0.4, -0.2) is 89.9 Å². The van der Waals surface area contributed by atoms with Gasteiger partial charge >= 0.3 is 0 Å². The van der Waals surface area contributed by atoms with E-state index < -0.39 is 11.9 Å². The van der Waals surface area contributed by atoms with Gasteiger partial charge in [0.25, 0.3) is 17.4 Å². The molecule has 3 aliphatic heterocycles. The van der Waals surface area contributed by atoms with Crippen molar-refractivity contribution >= 4 is 51.5 Å².